The molecule has 0 saturated carbocycles. The molecule has 2 aromatic rings. The van der Waals surface area contributed by atoms with E-state index in [1.165, 1.54) is 4.90 Å². The number of carbonyl (C=O) groups is 3. The van der Waals surface area contributed by atoms with Crippen LogP contribution < -0.4 is 0 Å². The maximum absolute atomic E-state index is 13.4. The van der Waals surface area contributed by atoms with Gasteiger partial charge >= 0.3 is 12.1 Å². The number of carbonyl (C=O) groups excluding carboxylic acids is 3. The third kappa shape index (κ3) is 7.88. The normalized spacial score (nSPS) is 19.2. The first kappa shape index (κ1) is 29.3. The van der Waals surface area contributed by atoms with Gasteiger partial charge in [0, 0.05) is 13.1 Å². The zero-order chi connectivity index (χ0) is 27.8. The Kier molecular flexibility index (Phi) is 10.1. The summed E-state index contributed by atoms with van der Waals surface area (Å²) in [5, 5.41) is 0. The number of benzene rings is 2. The maximum atomic E-state index is 13.4. The lowest BCUT2D eigenvalue weighted by Gasteiger charge is -2.40. The van der Waals surface area contributed by atoms with Crippen molar-refractivity contribution in [2.75, 3.05) is 20.1 Å². The molecule has 3 rings (SSSR count). The Hall–Kier alpha value is -3.23. The van der Waals surface area contributed by atoms with Gasteiger partial charge in [-0.2, -0.15) is 0 Å². The van der Waals surface area contributed by atoms with Gasteiger partial charge in [-0.15, -0.1) is 0 Å². The van der Waals surface area contributed by atoms with Crippen LogP contribution in [0.15, 0.2) is 60.7 Å². The highest BCUT2D eigenvalue weighted by molar-refractivity contribution is 5.79. The second-order valence-electron chi connectivity index (χ2n) is 10.9. The number of hydrogen-bond acceptors (Lipinski definition) is 7. The summed E-state index contributed by atoms with van der Waals surface area (Å²) in [5.74, 6) is -0.459. The van der Waals surface area contributed by atoms with E-state index in [1.807, 2.05) is 67.6 Å². The molecule has 1 aliphatic rings. The maximum Gasteiger partial charge on any atom is 0.411 e. The molecule has 3 atom stereocenters. The lowest BCUT2D eigenvalue weighted by molar-refractivity contribution is -0.158. The van der Waals surface area contributed by atoms with Crippen molar-refractivity contribution in [2.24, 2.45) is 0 Å². The molecule has 1 fully saturated rings. The van der Waals surface area contributed by atoms with Crippen LogP contribution in [0.4, 0.5) is 4.79 Å². The number of nitrogens with zero attached hydrogens (tertiary/aromatic N) is 2. The fraction of sp³-hybridized carbons (Fsp3) is 0.500. The van der Waals surface area contributed by atoms with Crippen LogP contribution in [0.2, 0.25) is 0 Å². The van der Waals surface area contributed by atoms with Crippen LogP contribution in [0, 0.1) is 0 Å². The summed E-state index contributed by atoms with van der Waals surface area (Å²) in [4.78, 5) is 42.2. The number of likely N-dealkylation sites (tertiary alicyclic amines) is 1. The summed E-state index contributed by atoms with van der Waals surface area (Å²) in [6, 6.07) is 18.4. The van der Waals surface area contributed by atoms with E-state index in [2.05, 4.69) is 0 Å². The number of amides is 1. The molecule has 8 heteroatoms. The smallest absolute Gasteiger partial charge is 0.411 e. The highest BCUT2D eigenvalue weighted by Gasteiger charge is 2.48. The largest absolute Gasteiger partial charge is 0.460 e. The van der Waals surface area contributed by atoms with E-state index in [0.717, 1.165) is 17.4 Å². The van der Waals surface area contributed by atoms with Crippen molar-refractivity contribution < 1.29 is 28.6 Å². The molecule has 1 amide bonds. The summed E-state index contributed by atoms with van der Waals surface area (Å²) >= 11 is 0. The number of rotatable bonds is 11. The quantitative estimate of drug-likeness (QED) is 0.314. The number of hydrogen-bond donors (Lipinski definition) is 0. The van der Waals surface area contributed by atoms with Crippen LogP contribution in [-0.4, -0.2) is 71.6 Å². The average Bonchev–Trinajstić information content (AvgIpc) is 3.30. The summed E-state index contributed by atoms with van der Waals surface area (Å²) in [6.07, 6.45) is 0.859. The Labute approximate surface area is 225 Å². The fourth-order valence-corrected chi connectivity index (χ4v) is 4.78. The van der Waals surface area contributed by atoms with Gasteiger partial charge in [0.25, 0.3) is 0 Å². The molecule has 1 aliphatic heterocycles. The highest BCUT2D eigenvalue weighted by Crippen LogP contribution is 2.31. The van der Waals surface area contributed by atoms with Crippen LogP contribution in [-0.2, 0) is 37.0 Å². The monoisotopic (exact) mass is 524 g/mol. The molecule has 0 radical (unpaired) electrons. The standard InChI is InChI=1S/C30H40N2O6/c1-23(36-19-24-13-8-6-9-14-24)26(27(34)37-20-25-15-10-7-11-16-25)31(5)21-30(22-33)17-12-18-32(30)28(35)38-29(2,3)4/h6-11,13-16,22-23,26H,12,17-21H2,1-5H3/t23-,26+,30+/m1/s1. The molecule has 0 spiro atoms. The SMILES string of the molecule is C[C@@H](OCc1ccccc1)[C@@H](C(=O)OCc1ccccc1)N(C)C[C@]1(C=O)CCCN1C(=O)OC(C)(C)C. The summed E-state index contributed by atoms with van der Waals surface area (Å²) in [7, 11) is 1.76. The molecular formula is C30H40N2O6. The number of likely N-dealkylation sites (N-methyl/N-ethyl adjacent to an activating group) is 1. The molecule has 0 aromatic heterocycles. The first-order chi connectivity index (χ1) is 18.0. The lowest BCUT2D eigenvalue weighted by Crippen LogP contribution is -2.59. The minimum absolute atomic E-state index is 0.123. The van der Waals surface area contributed by atoms with Crippen LogP contribution in [0.3, 0.4) is 0 Å². The van der Waals surface area contributed by atoms with Gasteiger partial charge < -0.3 is 19.0 Å². The Bertz CT molecular complexity index is 1060. The van der Waals surface area contributed by atoms with Crippen LogP contribution in [0.5, 0.6) is 0 Å². The zero-order valence-corrected chi connectivity index (χ0v) is 23.1. The van der Waals surface area contributed by atoms with Gasteiger partial charge in [-0.1, -0.05) is 60.7 Å². The predicted octanol–water partition coefficient (Wildman–Crippen LogP) is 4.60. The van der Waals surface area contributed by atoms with E-state index < -0.39 is 35.3 Å². The van der Waals surface area contributed by atoms with Crippen molar-refractivity contribution in [3.63, 3.8) is 0 Å². The Balaban J connectivity index is 1.79. The molecule has 8 nitrogen and oxygen atoms in total. The van der Waals surface area contributed by atoms with Crippen LogP contribution in [0.1, 0.15) is 51.7 Å². The van der Waals surface area contributed by atoms with E-state index >= 15 is 0 Å². The number of aldehydes is 1. The molecular weight excluding hydrogens is 484 g/mol. The topological polar surface area (TPSA) is 85.4 Å². The second kappa shape index (κ2) is 13.0. The second-order valence-corrected chi connectivity index (χ2v) is 10.9. The van der Waals surface area contributed by atoms with E-state index in [9.17, 15) is 14.4 Å². The molecule has 0 aliphatic carbocycles. The molecule has 0 unspecified atom stereocenters. The molecule has 1 heterocycles. The van der Waals surface area contributed by atoms with Crippen molar-refractivity contribution in [3.05, 3.63) is 71.8 Å². The van der Waals surface area contributed by atoms with Crippen LogP contribution >= 0.6 is 0 Å². The lowest BCUT2D eigenvalue weighted by atomic mass is 9.96. The third-order valence-electron chi connectivity index (χ3n) is 6.63. The highest BCUT2D eigenvalue weighted by atomic mass is 16.6. The molecule has 206 valence electrons. The molecule has 2 aromatic carbocycles. The molecule has 0 bridgehead atoms. The van der Waals surface area contributed by atoms with E-state index in [-0.39, 0.29) is 13.2 Å². The van der Waals surface area contributed by atoms with Crippen molar-refractivity contribution in [1.29, 1.82) is 0 Å². The van der Waals surface area contributed by atoms with Crippen LogP contribution in [0.25, 0.3) is 0 Å². The van der Waals surface area contributed by atoms with Crippen molar-refractivity contribution in [3.8, 4) is 0 Å². The minimum atomic E-state index is -1.12. The van der Waals surface area contributed by atoms with Gasteiger partial charge in [-0.3, -0.25) is 14.6 Å². The third-order valence-corrected chi connectivity index (χ3v) is 6.63. The van der Waals surface area contributed by atoms with E-state index in [1.54, 1.807) is 32.7 Å². The summed E-state index contributed by atoms with van der Waals surface area (Å²) < 4.78 is 17.4. The molecule has 1 saturated heterocycles. The first-order valence-corrected chi connectivity index (χ1v) is 13.1. The molecule has 38 heavy (non-hydrogen) atoms. The minimum Gasteiger partial charge on any atom is -0.460 e. The van der Waals surface area contributed by atoms with E-state index in [4.69, 9.17) is 14.2 Å². The summed E-state index contributed by atoms with van der Waals surface area (Å²) in [5.41, 5.74) is 0.0452. The Morgan fingerprint density at radius 1 is 1.03 bits per heavy atom. The van der Waals surface area contributed by atoms with E-state index in [0.29, 0.717) is 26.0 Å². The average molecular weight is 525 g/mol. The Morgan fingerprint density at radius 3 is 2.16 bits per heavy atom. The van der Waals surface area contributed by atoms with Crippen molar-refractivity contribution in [2.45, 2.75) is 77.0 Å². The van der Waals surface area contributed by atoms with Gasteiger partial charge in [-0.05, 0) is 58.7 Å². The summed E-state index contributed by atoms with van der Waals surface area (Å²) in [6.45, 7) is 8.19. The Morgan fingerprint density at radius 2 is 1.61 bits per heavy atom. The fourth-order valence-electron chi connectivity index (χ4n) is 4.78. The number of ether oxygens (including phenoxy) is 3. The van der Waals surface area contributed by atoms with Gasteiger partial charge in [0.05, 0.1) is 12.7 Å². The van der Waals surface area contributed by atoms with Gasteiger partial charge in [0.15, 0.2) is 0 Å². The van der Waals surface area contributed by atoms with Gasteiger partial charge in [0.2, 0.25) is 0 Å². The predicted molar refractivity (Wildman–Crippen MR) is 144 cm³/mol. The van der Waals surface area contributed by atoms with Gasteiger partial charge in [-0.25, -0.2) is 4.79 Å². The van der Waals surface area contributed by atoms with Gasteiger partial charge in [0.1, 0.15) is 30.1 Å². The first-order valence-electron chi connectivity index (χ1n) is 13.1. The molecule has 0 N–H and O–H groups in total. The zero-order valence-electron chi connectivity index (χ0n) is 23.1. The van der Waals surface area contributed by atoms with Crippen molar-refractivity contribution >= 4 is 18.3 Å². The number of esters is 1. The van der Waals surface area contributed by atoms with Crippen molar-refractivity contribution in [1.82, 2.24) is 9.80 Å².